The number of imidazole rings is 1. The maximum Gasteiger partial charge on any atom is 0.296 e. The molecule has 0 amide bonds. The molecule has 2 N–H and O–H groups in total. The van der Waals surface area contributed by atoms with Crippen molar-refractivity contribution in [2.75, 3.05) is 19.8 Å². The third kappa shape index (κ3) is 4.26. The number of halogens is 1. The van der Waals surface area contributed by atoms with Crippen molar-refractivity contribution in [2.24, 2.45) is 0 Å². The second kappa shape index (κ2) is 9.16. The van der Waals surface area contributed by atoms with Crippen LogP contribution in [0.15, 0.2) is 54.6 Å². The molecule has 36 heavy (non-hydrogen) atoms. The van der Waals surface area contributed by atoms with Gasteiger partial charge in [0.25, 0.3) is 6.01 Å². The Hall–Kier alpha value is -2.97. The molecule has 0 spiro atoms. The van der Waals surface area contributed by atoms with Gasteiger partial charge in [-0.3, -0.25) is 0 Å². The molecule has 0 saturated carbocycles. The molecule has 8 heteroatoms. The minimum Gasteiger partial charge on any atom is -0.456 e. The lowest BCUT2D eigenvalue weighted by molar-refractivity contribution is 0.0273. The largest absolute Gasteiger partial charge is 0.456 e. The number of H-pyrrole nitrogens is 1. The lowest BCUT2D eigenvalue weighted by Gasteiger charge is -2.22. The summed E-state index contributed by atoms with van der Waals surface area (Å²) in [6.45, 7) is 5.34. The fourth-order valence-corrected chi connectivity index (χ4v) is 5.11. The summed E-state index contributed by atoms with van der Waals surface area (Å²) in [5.74, 6) is 0. The number of hydrogen-bond acceptors (Lipinski definition) is 6. The highest BCUT2D eigenvalue weighted by Crippen LogP contribution is 2.33. The van der Waals surface area contributed by atoms with Crippen LogP contribution in [-0.2, 0) is 14.9 Å². The molecule has 4 heterocycles. The van der Waals surface area contributed by atoms with E-state index in [9.17, 15) is 5.11 Å². The van der Waals surface area contributed by atoms with E-state index in [4.69, 9.17) is 30.8 Å². The zero-order valence-corrected chi connectivity index (χ0v) is 21.0. The SMILES string of the molecule is CC(C)(CO)c1ccc(-c2ccc(-c3nc4nc(O[C@@H]5CO[C@@H]6CCO[C@@H]65)[nH]c4cc3Cl)cc2)cc1. The summed E-state index contributed by atoms with van der Waals surface area (Å²) >= 11 is 6.61. The van der Waals surface area contributed by atoms with Gasteiger partial charge in [0.05, 0.1) is 35.6 Å². The Morgan fingerprint density at radius 2 is 1.72 bits per heavy atom. The monoisotopic (exact) mass is 505 g/mol. The number of benzene rings is 2. The molecule has 2 saturated heterocycles. The zero-order chi connectivity index (χ0) is 24.9. The second-order valence-corrected chi connectivity index (χ2v) is 10.5. The number of aromatic amines is 1. The summed E-state index contributed by atoms with van der Waals surface area (Å²) in [6.07, 6.45) is 0.759. The van der Waals surface area contributed by atoms with Crippen molar-refractivity contribution in [3.63, 3.8) is 0 Å². The normalized spacial score (nSPS) is 21.7. The van der Waals surface area contributed by atoms with Gasteiger partial charge >= 0.3 is 0 Å². The van der Waals surface area contributed by atoms with Crippen molar-refractivity contribution in [1.82, 2.24) is 15.0 Å². The molecule has 2 aromatic heterocycles. The first-order chi connectivity index (χ1) is 17.4. The smallest absolute Gasteiger partial charge is 0.296 e. The minimum absolute atomic E-state index is 0.0544. The standard InChI is InChI=1S/C28H28ClN3O4/c1-28(2,15-33)19-9-7-17(8-10-19)16-3-5-18(6-4-16)24-20(29)13-21-26(31-24)32-27(30-21)36-23-14-35-22-11-12-34-25(22)23/h3-10,13,22-23,25,33H,11-12,14-15H2,1-2H3,(H,30,31,32)/t22-,23-,25+/m1/s1. The van der Waals surface area contributed by atoms with E-state index in [1.165, 1.54) is 0 Å². The summed E-state index contributed by atoms with van der Waals surface area (Å²) < 4.78 is 17.6. The van der Waals surface area contributed by atoms with Gasteiger partial charge in [-0.05, 0) is 29.2 Å². The van der Waals surface area contributed by atoms with Gasteiger partial charge in [-0.2, -0.15) is 4.98 Å². The van der Waals surface area contributed by atoms with Crippen molar-refractivity contribution in [3.05, 3.63) is 65.2 Å². The molecule has 6 rings (SSSR count). The van der Waals surface area contributed by atoms with Crippen molar-refractivity contribution in [1.29, 1.82) is 0 Å². The van der Waals surface area contributed by atoms with E-state index in [2.05, 4.69) is 46.4 Å². The molecule has 4 aromatic rings. The van der Waals surface area contributed by atoms with Crippen LogP contribution in [0.25, 0.3) is 33.5 Å². The van der Waals surface area contributed by atoms with Crippen LogP contribution >= 0.6 is 11.6 Å². The highest BCUT2D eigenvalue weighted by atomic mass is 35.5. The van der Waals surface area contributed by atoms with Gasteiger partial charge in [-0.15, -0.1) is 0 Å². The van der Waals surface area contributed by atoms with Crippen LogP contribution in [0.5, 0.6) is 6.01 Å². The number of hydrogen-bond donors (Lipinski definition) is 2. The van der Waals surface area contributed by atoms with Crippen LogP contribution in [-0.4, -0.2) is 58.2 Å². The van der Waals surface area contributed by atoms with Gasteiger partial charge in [0.2, 0.25) is 0 Å². The molecule has 2 aromatic carbocycles. The van der Waals surface area contributed by atoms with E-state index in [0.29, 0.717) is 41.1 Å². The highest BCUT2D eigenvalue weighted by Gasteiger charge is 2.43. The lowest BCUT2D eigenvalue weighted by Crippen LogP contribution is -2.32. The van der Waals surface area contributed by atoms with E-state index < -0.39 is 0 Å². The van der Waals surface area contributed by atoms with Crippen LogP contribution in [0.4, 0.5) is 0 Å². The summed E-state index contributed by atoms with van der Waals surface area (Å²) in [5.41, 5.74) is 5.85. The highest BCUT2D eigenvalue weighted by molar-refractivity contribution is 6.33. The first-order valence-corrected chi connectivity index (χ1v) is 12.6. The van der Waals surface area contributed by atoms with Crippen LogP contribution in [0, 0.1) is 0 Å². The number of nitrogens with zero attached hydrogens (tertiary/aromatic N) is 2. The lowest BCUT2D eigenvalue weighted by atomic mass is 9.85. The number of aliphatic hydroxyl groups excluding tert-OH is 1. The van der Waals surface area contributed by atoms with Crippen LogP contribution < -0.4 is 4.74 Å². The first kappa shape index (κ1) is 23.4. The van der Waals surface area contributed by atoms with Crippen LogP contribution in [0.3, 0.4) is 0 Å². The minimum atomic E-state index is -0.266. The fourth-order valence-electron chi connectivity index (χ4n) is 4.85. The molecule has 0 aliphatic carbocycles. The van der Waals surface area contributed by atoms with Gasteiger partial charge in [0.15, 0.2) is 11.8 Å². The summed E-state index contributed by atoms with van der Waals surface area (Å²) in [5, 5.41) is 10.2. The number of aliphatic hydroxyl groups is 1. The Kier molecular flexibility index (Phi) is 5.96. The van der Waals surface area contributed by atoms with E-state index in [1.807, 2.05) is 32.0 Å². The molecule has 0 unspecified atom stereocenters. The topological polar surface area (TPSA) is 89.5 Å². The maximum absolute atomic E-state index is 9.62. The first-order valence-electron chi connectivity index (χ1n) is 12.2. The van der Waals surface area contributed by atoms with E-state index in [1.54, 1.807) is 0 Å². The molecular formula is C28H28ClN3O4. The van der Waals surface area contributed by atoms with Gasteiger partial charge in [-0.25, -0.2) is 4.98 Å². The average molecular weight is 506 g/mol. The Balaban J connectivity index is 1.22. The van der Waals surface area contributed by atoms with E-state index >= 15 is 0 Å². The number of aromatic nitrogens is 3. The molecule has 186 valence electrons. The predicted octanol–water partition coefficient (Wildman–Crippen LogP) is 5.15. The van der Waals surface area contributed by atoms with Crippen molar-refractivity contribution < 1.29 is 19.3 Å². The molecular weight excluding hydrogens is 478 g/mol. The Morgan fingerprint density at radius 3 is 2.44 bits per heavy atom. The number of rotatable bonds is 6. The Bertz CT molecular complexity index is 1380. The Morgan fingerprint density at radius 1 is 1.03 bits per heavy atom. The summed E-state index contributed by atoms with van der Waals surface area (Å²) in [7, 11) is 0. The molecule has 0 radical (unpaired) electrons. The molecule has 3 atom stereocenters. The van der Waals surface area contributed by atoms with Gasteiger partial charge in [-0.1, -0.05) is 74.0 Å². The van der Waals surface area contributed by atoms with Gasteiger partial charge < -0.3 is 24.3 Å². The molecule has 2 fully saturated rings. The number of fused-ring (bicyclic) bond motifs is 2. The predicted molar refractivity (Wildman–Crippen MR) is 138 cm³/mol. The fraction of sp³-hybridized carbons (Fsp3) is 0.357. The third-order valence-electron chi connectivity index (χ3n) is 7.14. The van der Waals surface area contributed by atoms with Crippen molar-refractivity contribution >= 4 is 22.8 Å². The molecule has 2 aliphatic heterocycles. The van der Waals surface area contributed by atoms with Gasteiger partial charge in [0, 0.05) is 17.6 Å². The van der Waals surface area contributed by atoms with E-state index in [-0.39, 0.29) is 30.3 Å². The van der Waals surface area contributed by atoms with Crippen molar-refractivity contribution in [2.45, 2.75) is 44.0 Å². The molecule has 7 nitrogen and oxygen atoms in total. The number of nitrogens with one attached hydrogen (secondary N) is 1. The Labute approximate surface area is 214 Å². The van der Waals surface area contributed by atoms with E-state index in [0.717, 1.165) is 28.7 Å². The zero-order valence-electron chi connectivity index (χ0n) is 20.2. The number of ether oxygens (including phenoxy) is 3. The average Bonchev–Trinajstić information content (AvgIpc) is 3.61. The van der Waals surface area contributed by atoms with Crippen LogP contribution in [0.2, 0.25) is 5.02 Å². The van der Waals surface area contributed by atoms with Crippen LogP contribution in [0.1, 0.15) is 25.8 Å². The quantitative estimate of drug-likeness (QED) is 0.376. The molecule has 2 aliphatic rings. The summed E-state index contributed by atoms with van der Waals surface area (Å²) in [6, 6.07) is 18.7. The third-order valence-corrected chi connectivity index (χ3v) is 7.43. The second-order valence-electron chi connectivity index (χ2n) is 10.1. The molecule has 0 bridgehead atoms. The summed E-state index contributed by atoms with van der Waals surface area (Å²) in [4.78, 5) is 12.4. The van der Waals surface area contributed by atoms with Crippen molar-refractivity contribution in [3.8, 4) is 28.4 Å². The van der Waals surface area contributed by atoms with Gasteiger partial charge in [0.1, 0.15) is 6.10 Å². The number of pyridine rings is 1. The maximum atomic E-state index is 9.62.